The zero-order valence-electron chi connectivity index (χ0n) is 11.4. The number of carboxylic acids is 1. The minimum Gasteiger partial charge on any atom is -0.479 e. The van der Waals surface area contributed by atoms with Crippen LogP contribution in [0.5, 0.6) is 0 Å². The van der Waals surface area contributed by atoms with Gasteiger partial charge in [-0.15, -0.1) is 0 Å². The van der Waals surface area contributed by atoms with E-state index >= 15 is 0 Å². The van der Waals surface area contributed by atoms with Gasteiger partial charge in [-0.1, -0.05) is 6.92 Å². The molecule has 110 valence electrons. The molecular formula is C13H24N2O4. The number of nitrogens with one attached hydrogen (secondary N) is 1. The summed E-state index contributed by atoms with van der Waals surface area (Å²) in [5.74, 6) is -0.755. The second-order valence-electron chi connectivity index (χ2n) is 5.57. The topological polar surface area (TPSA) is 113 Å². The molecule has 1 unspecified atom stereocenters. The van der Waals surface area contributed by atoms with E-state index in [0.29, 0.717) is 12.5 Å². The number of carbonyl (C=O) groups excluding carboxylic acids is 1. The number of rotatable bonds is 6. The van der Waals surface area contributed by atoms with E-state index in [4.69, 9.17) is 15.9 Å². The molecule has 0 bridgehead atoms. The first-order valence-electron chi connectivity index (χ1n) is 6.80. The molecule has 1 saturated carbocycles. The zero-order chi connectivity index (χ0) is 14.5. The van der Waals surface area contributed by atoms with Gasteiger partial charge >= 0.3 is 5.97 Å². The van der Waals surface area contributed by atoms with Crippen molar-refractivity contribution in [2.45, 2.75) is 45.1 Å². The summed E-state index contributed by atoms with van der Waals surface area (Å²) in [6, 6.07) is 0. The first kappa shape index (κ1) is 15.9. The third-order valence-electron chi connectivity index (χ3n) is 4.09. The molecule has 0 spiro atoms. The van der Waals surface area contributed by atoms with E-state index in [0.717, 1.165) is 25.7 Å². The van der Waals surface area contributed by atoms with E-state index in [9.17, 15) is 9.59 Å². The lowest BCUT2D eigenvalue weighted by atomic mass is 9.70. The maximum absolute atomic E-state index is 12.2. The van der Waals surface area contributed by atoms with Crippen molar-refractivity contribution >= 4 is 11.9 Å². The number of nitrogens with two attached hydrogens (primary N) is 1. The van der Waals surface area contributed by atoms with Crippen LogP contribution in [0.2, 0.25) is 0 Å². The van der Waals surface area contributed by atoms with Gasteiger partial charge in [-0.05, 0) is 31.6 Å². The largest absolute Gasteiger partial charge is 0.479 e. The maximum Gasteiger partial charge on any atom is 0.332 e. The summed E-state index contributed by atoms with van der Waals surface area (Å²) in [4.78, 5) is 22.6. The van der Waals surface area contributed by atoms with E-state index in [2.05, 4.69) is 12.2 Å². The summed E-state index contributed by atoms with van der Waals surface area (Å²) in [6.45, 7) is 2.64. The molecule has 1 aliphatic rings. The van der Waals surface area contributed by atoms with Crippen LogP contribution in [0.3, 0.4) is 0 Å². The Labute approximate surface area is 113 Å². The number of hydrogen-bond donors (Lipinski definition) is 4. The van der Waals surface area contributed by atoms with Gasteiger partial charge in [0.15, 0.2) is 6.10 Å². The molecule has 1 atom stereocenters. The number of amides is 1. The van der Waals surface area contributed by atoms with Gasteiger partial charge in [-0.3, -0.25) is 4.79 Å². The molecule has 1 rings (SSSR count). The van der Waals surface area contributed by atoms with Crippen LogP contribution in [-0.2, 0) is 9.59 Å². The Bertz CT molecular complexity index is 325. The average Bonchev–Trinajstić information content (AvgIpc) is 2.39. The van der Waals surface area contributed by atoms with Crippen LogP contribution in [0.4, 0.5) is 0 Å². The molecule has 0 heterocycles. The quantitative estimate of drug-likeness (QED) is 0.547. The zero-order valence-corrected chi connectivity index (χ0v) is 11.4. The maximum atomic E-state index is 12.2. The van der Waals surface area contributed by atoms with Crippen LogP contribution in [0, 0.1) is 11.3 Å². The SMILES string of the molecule is CC1CCC(CN)(C(=O)NCCC(O)C(=O)O)CC1. The normalized spacial score (nSPS) is 28.7. The van der Waals surface area contributed by atoms with Crippen LogP contribution < -0.4 is 11.1 Å². The highest BCUT2D eigenvalue weighted by atomic mass is 16.4. The molecule has 1 amide bonds. The molecule has 1 fully saturated rings. The van der Waals surface area contributed by atoms with Crippen LogP contribution in [0.15, 0.2) is 0 Å². The van der Waals surface area contributed by atoms with Gasteiger partial charge in [0.05, 0.1) is 5.41 Å². The van der Waals surface area contributed by atoms with E-state index in [1.54, 1.807) is 0 Å². The molecule has 6 nitrogen and oxygen atoms in total. The van der Waals surface area contributed by atoms with Crippen molar-refractivity contribution in [3.8, 4) is 0 Å². The Balaban J connectivity index is 2.44. The van der Waals surface area contributed by atoms with Crippen molar-refractivity contribution in [1.29, 1.82) is 0 Å². The molecule has 0 saturated heterocycles. The Hall–Kier alpha value is -1.14. The molecule has 6 heteroatoms. The van der Waals surface area contributed by atoms with Gasteiger partial charge in [-0.2, -0.15) is 0 Å². The molecule has 1 aliphatic carbocycles. The minimum atomic E-state index is -1.43. The van der Waals surface area contributed by atoms with Gasteiger partial charge < -0.3 is 21.3 Å². The summed E-state index contributed by atoms with van der Waals surface area (Å²) < 4.78 is 0. The summed E-state index contributed by atoms with van der Waals surface area (Å²) in [5, 5.41) is 20.4. The first-order chi connectivity index (χ1) is 8.91. The Kier molecular flexibility index (Phi) is 5.75. The highest BCUT2D eigenvalue weighted by Crippen LogP contribution is 2.38. The number of carbonyl (C=O) groups is 2. The second-order valence-corrected chi connectivity index (χ2v) is 5.57. The first-order valence-corrected chi connectivity index (χ1v) is 6.80. The Morgan fingerprint density at radius 1 is 1.42 bits per heavy atom. The highest BCUT2D eigenvalue weighted by molar-refractivity contribution is 5.83. The predicted molar refractivity (Wildman–Crippen MR) is 70.4 cm³/mol. The summed E-state index contributed by atoms with van der Waals surface area (Å²) in [5.41, 5.74) is 5.25. The van der Waals surface area contributed by atoms with Crippen molar-refractivity contribution in [2.75, 3.05) is 13.1 Å². The van der Waals surface area contributed by atoms with Crippen LogP contribution >= 0.6 is 0 Å². The van der Waals surface area contributed by atoms with Crippen molar-refractivity contribution in [1.82, 2.24) is 5.32 Å². The van der Waals surface area contributed by atoms with Gasteiger partial charge in [0, 0.05) is 19.5 Å². The van der Waals surface area contributed by atoms with Crippen LogP contribution in [-0.4, -0.2) is 41.3 Å². The monoisotopic (exact) mass is 272 g/mol. The highest BCUT2D eigenvalue weighted by Gasteiger charge is 2.39. The van der Waals surface area contributed by atoms with E-state index in [1.807, 2.05) is 0 Å². The predicted octanol–water partition coefficient (Wildman–Crippen LogP) is 0.0934. The average molecular weight is 272 g/mol. The van der Waals surface area contributed by atoms with E-state index < -0.39 is 17.5 Å². The third-order valence-corrected chi connectivity index (χ3v) is 4.09. The van der Waals surface area contributed by atoms with Crippen molar-refractivity contribution in [3.05, 3.63) is 0 Å². The molecule has 0 radical (unpaired) electrons. The molecule has 0 aliphatic heterocycles. The molecular weight excluding hydrogens is 248 g/mol. The van der Waals surface area contributed by atoms with E-state index in [-0.39, 0.29) is 18.9 Å². The number of aliphatic hydroxyl groups is 1. The molecule has 19 heavy (non-hydrogen) atoms. The van der Waals surface area contributed by atoms with E-state index in [1.165, 1.54) is 0 Å². The summed E-state index contributed by atoms with van der Waals surface area (Å²) in [6.07, 6.45) is 2.11. The fraction of sp³-hybridized carbons (Fsp3) is 0.846. The fourth-order valence-electron chi connectivity index (χ4n) is 2.47. The Morgan fingerprint density at radius 3 is 2.47 bits per heavy atom. The van der Waals surface area contributed by atoms with Gasteiger partial charge in [-0.25, -0.2) is 4.79 Å². The van der Waals surface area contributed by atoms with Crippen molar-refractivity contribution < 1.29 is 19.8 Å². The summed E-state index contributed by atoms with van der Waals surface area (Å²) >= 11 is 0. The molecule has 0 aromatic heterocycles. The Morgan fingerprint density at radius 2 is 2.00 bits per heavy atom. The standard InChI is InChI=1S/C13H24N2O4/c1-9-2-5-13(8-14,6-3-9)12(19)15-7-4-10(16)11(17)18/h9-10,16H,2-8,14H2,1H3,(H,15,19)(H,17,18). The summed E-state index contributed by atoms with van der Waals surface area (Å²) in [7, 11) is 0. The lowest BCUT2D eigenvalue weighted by Crippen LogP contribution is -2.48. The van der Waals surface area contributed by atoms with Crippen LogP contribution in [0.1, 0.15) is 39.0 Å². The minimum absolute atomic E-state index is 0.0120. The van der Waals surface area contributed by atoms with Gasteiger partial charge in [0.2, 0.25) is 5.91 Å². The number of hydrogen-bond acceptors (Lipinski definition) is 4. The van der Waals surface area contributed by atoms with Crippen LogP contribution in [0.25, 0.3) is 0 Å². The molecule has 0 aromatic carbocycles. The smallest absolute Gasteiger partial charge is 0.332 e. The number of aliphatic carboxylic acids is 1. The molecule has 0 aromatic rings. The van der Waals surface area contributed by atoms with Crippen molar-refractivity contribution in [3.63, 3.8) is 0 Å². The fourth-order valence-corrected chi connectivity index (χ4v) is 2.47. The molecule has 5 N–H and O–H groups in total. The van der Waals surface area contributed by atoms with Crippen molar-refractivity contribution in [2.24, 2.45) is 17.1 Å². The second kappa shape index (κ2) is 6.86. The number of aliphatic hydroxyl groups excluding tert-OH is 1. The van der Waals surface area contributed by atoms with Gasteiger partial charge in [0.25, 0.3) is 0 Å². The lowest BCUT2D eigenvalue weighted by Gasteiger charge is -2.37. The third kappa shape index (κ3) is 4.18. The number of carboxylic acid groups (broad SMARTS) is 1. The lowest BCUT2D eigenvalue weighted by molar-refractivity contribution is -0.147. The van der Waals surface area contributed by atoms with Gasteiger partial charge in [0.1, 0.15) is 0 Å².